The van der Waals surface area contributed by atoms with Crippen LogP contribution in [-0.4, -0.2) is 27.0 Å². The van der Waals surface area contributed by atoms with E-state index in [0.29, 0.717) is 23.0 Å². The highest BCUT2D eigenvalue weighted by Gasteiger charge is 2.42. The van der Waals surface area contributed by atoms with Crippen molar-refractivity contribution in [3.05, 3.63) is 22.3 Å². The van der Waals surface area contributed by atoms with Crippen LogP contribution in [0.25, 0.3) is 10.7 Å². The van der Waals surface area contributed by atoms with Gasteiger partial charge in [0.1, 0.15) is 0 Å². The number of hydrogen-bond donors (Lipinski definition) is 1. The fourth-order valence-corrected chi connectivity index (χ4v) is 4.05. The Labute approximate surface area is 114 Å². The SMILES string of the molecule is S=c1[nH]nc(-c2cccs2)n1C1CC2CCC1O2. The summed E-state index contributed by atoms with van der Waals surface area (Å²) in [5.74, 6) is 0.955. The third-order valence-corrected chi connectivity index (χ3v) is 5.01. The molecule has 2 aliphatic rings. The zero-order chi connectivity index (χ0) is 12.1. The maximum Gasteiger partial charge on any atom is 0.195 e. The van der Waals surface area contributed by atoms with E-state index in [1.165, 1.54) is 6.42 Å². The predicted octanol–water partition coefficient (Wildman–Crippen LogP) is 3.16. The molecule has 3 atom stereocenters. The van der Waals surface area contributed by atoms with Gasteiger partial charge in [0.2, 0.25) is 0 Å². The van der Waals surface area contributed by atoms with Crippen molar-refractivity contribution >= 4 is 23.6 Å². The second-order valence-corrected chi connectivity index (χ2v) is 6.21. The quantitative estimate of drug-likeness (QED) is 0.859. The lowest BCUT2D eigenvalue weighted by Gasteiger charge is -2.21. The van der Waals surface area contributed by atoms with Crippen LogP contribution in [-0.2, 0) is 4.74 Å². The Morgan fingerprint density at radius 1 is 1.50 bits per heavy atom. The van der Waals surface area contributed by atoms with Crippen molar-refractivity contribution < 1.29 is 4.74 Å². The first-order chi connectivity index (χ1) is 8.83. The zero-order valence-electron chi connectivity index (χ0n) is 9.70. The summed E-state index contributed by atoms with van der Waals surface area (Å²) in [6, 6.07) is 4.48. The van der Waals surface area contributed by atoms with Crippen LogP contribution in [0, 0.1) is 4.77 Å². The van der Waals surface area contributed by atoms with Crippen LogP contribution in [0.3, 0.4) is 0 Å². The Hall–Kier alpha value is -0.980. The number of rotatable bonds is 2. The molecule has 0 radical (unpaired) electrons. The summed E-state index contributed by atoms with van der Waals surface area (Å²) in [6.45, 7) is 0. The van der Waals surface area contributed by atoms with E-state index in [2.05, 4.69) is 26.2 Å². The summed E-state index contributed by atoms with van der Waals surface area (Å²) in [7, 11) is 0. The maximum absolute atomic E-state index is 5.93. The van der Waals surface area contributed by atoms with Crippen molar-refractivity contribution in [2.24, 2.45) is 0 Å². The Morgan fingerprint density at radius 3 is 3.11 bits per heavy atom. The minimum atomic E-state index is 0.318. The second-order valence-electron chi connectivity index (χ2n) is 4.88. The van der Waals surface area contributed by atoms with Gasteiger partial charge in [-0.3, -0.25) is 9.67 Å². The van der Waals surface area contributed by atoms with Crippen LogP contribution in [0.5, 0.6) is 0 Å². The molecule has 94 valence electrons. The van der Waals surface area contributed by atoms with E-state index in [1.807, 2.05) is 6.07 Å². The van der Waals surface area contributed by atoms with Gasteiger partial charge < -0.3 is 4.74 Å². The predicted molar refractivity (Wildman–Crippen MR) is 72.3 cm³/mol. The van der Waals surface area contributed by atoms with Gasteiger partial charge in [0, 0.05) is 0 Å². The number of H-pyrrole nitrogens is 1. The minimum absolute atomic E-state index is 0.318. The third kappa shape index (κ3) is 1.52. The van der Waals surface area contributed by atoms with Crippen LogP contribution < -0.4 is 0 Å². The van der Waals surface area contributed by atoms with Crippen molar-refractivity contribution in [1.82, 2.24) is 14.8 Å². The Bertz CT molecular complexity index is 616. The maximum atomic E-state index is 5.93. The van der Waals surface area contributed by atoms with Crippen LogP contribution in [0.4, 0.5) is 0 Å². The average molecular weight is 279 g/mol. The van der Waals surface area contributed by atoms with Gasteiger partial charge >= 0.3 is 0 Å². The van der Waals surface area contributed by atoms with E-state index in [0.717, 1.165) is 23.5 Å². The molecule has 1 N–H and O–H groups in total. The molecular weight excluding hydrogens is 266 g/mol. The number of nitrogens with one attached hydrogen (secondary N) is 1. The van der Waals surface area contributed by atoms with E-state index in [4.69, 9.17) is 17.0 Å². The molecular formula is C12H13N3OS2. The lowest BCUT2D eigenvalue weighted by Crippen LogP contribution is -2.21. The number of aromatic nitrogens is 3. The first-order valence-corrected chi connectivity index (χ1v) is 7.48. The molecule has 2 saturated heterocycles. The highest BCUT2D eigenvalue weighted by atomic mass is 32.1. The normalized spacial score (nSPS) is 30.1. The lowest BCUT2D eigenvalue weighted by molar-refractivity contribution is 0.0938. The molecule has 2 bridgehead atoms. The van der Waals surface area contributed by atoms with E-state index in [9.17, 15) is 0 Å². The molecule has 18 heavy (non-hydrogen) atoms. The van der Waals surface area contributed by atoms with Gasteiger partial charge in [-0.2, -0.15) is 5.10 Å². The van der Waals surface area contributed by atoms with Gasteiger partial charge in [-0.05, 0) is 42.9 Å². The Morgan fingerprint density at radius 2 is 2.44 bits per heavy atom. The fourth-order valence-electron chi connectivity index (χ4n) is 3.07. The van der Waals surface area contributed by atoms with Gasteiger partial charge in [-0.15, -0.1) is 11.3 Å². The number of hydrogen-bond acceptors (Lipinski definition) is 4. The van der Waals surface area contributed by atoms with Crippen molar-refractivity contribution in [1.29, 1.82) is 0 Å². The van der Waals surface area contributed by atoms with Crippen molar-refractivity contribution in [2.45, 2.75) is 37.5 Å². The standard InChI is InChI=1S/C12H13N3OS2/c17-12-14-13-11(10-2-1-5-18-10)15(12)8-6-7-3-4-9(8)16-7/h1-2,5,7-9H,3-4,6H2,(H,14,17). The summed E-state index contributed by atoms with van der Waals surface area (Å²) in [5, 5.41) is 9.38. The molecule has 3 unspecified atom stereocenters. The number of thiophene rings is 1. The molecule has 0 aliphatic carbocycles. The van der Waals surface area contributed by atoms with Crippen LogP contribution in [0.1, 0.15) is 25.3 Å². The number of nitrogens with zero attached hydrogens (tertiary/aromatic N) is 2. The summed E-state index contributed by atoms with van der Waals surface area (Å²) < 4.78 is 8.80. The fraction of sp³-hybridized carbons (Fsp3) is 0.500. The molecule has 2 aromatic rings. The van der Waals surface area contributed by atoms with Gasteiger partial charge in [0.05, 0.1) is 23.1 Å². The molecule has 0 saturated carbocycles. The van der Waals surface area contributed by atoms with Crippen molar-refractivity contribution in [3.8, 4) is 10.7 Å². The summed E-state index contributed by atoms with van der Waals surface area (Å²) in [6.07, 6.45) is 4.15. The van der Waals surface area contributed by atoms with Gasteiger partial charge in [-0.1, -0.05) is 6.07 Å². The molecule has 6 heteroatoms. The Balaban J connectivity index is 1.81. The molecule has 4 heterocycles. The van der Waals surface area contributed by atoms with Gasteiger partial charge in [0.25, 0.3) is 0 Å². The van der Waals surface area contributed by atoms with Gasteiger partial charge in [0.15, 0.2) is 10.6 Å². The van der Waals surface area contributed by atoms with Gasteiger partial charge in [-0.25, -0.2) is 0 Å². The molecule has 2 aromatic heterocycles. The highest BCUT2D eigenvalue weighted by Crippen LogP contribution is 2.43. The molecule has 2 fully saturated rings. The highest BCUT2D eigenvalue weighted by molar-refractivity contribution is 7.71. The zero-order valence-corrected chi connectivity index (χ0v) is 11.3. The number of aromatic amines is 1. The molecule has 0 aromatic carbocycles. The van der Waals surface area contributed by atoms with E-state index >= 15 is 0 Å². The third-order valence-electron chi connectivity index (χ3n) is 3.85. The number of ether oxygens (including phenoxy) is 1. The summed E-state index contributed by atoms with van der Waals surface area (Å²) in [5.41, 5.74) is 0. The topological polar surface area (TPSA) is 42.8 Å². The number of fused-ring (bicyclic) bond motifs is 2. The summed E-state index contributed by atoms with van der Waals surface area (Å²) >= 11 is 7.08. The van der Waals surface area contributed by atoms with Crippen LogP contribution in [0.15, 0.2) is 17.5 Å². The van der Waals surface area contributed by atoms with Crippen LogP contribution >= 0.6 is 23.6 Å². The smallest absolute Gasteiger partial charge is 0.195 e. The molecule has 4 rings (SSSR count). The first kappa shape index (κ1) is 10.9. The van der Waals surface area contributed by atoms with Crippen LogP contribution in [0.2, 0.25) is 0 Å². The summed E-state index contributed by atoms with van der Waals surface area (Å²) in [4.78, 5) is 1.16. The minimum Gasteiger partial charge on any atom is -0.373 e. The average Bonchev–Trinajstić information content (AvgIpc) is 3.12. The second kappa shape index (κ2) is 4.01. The molecule has 4 nitrogen and oxygen atoms in total. The van der Waals surface area contributed by atoms with E-state index in [1.54, 1.807) is 11.3 Å². The lowest BCUT2D eigenvalue weighted by atomic mass is 9.95. The van der Waals surface area contributed by atoms with Crippen molar-refractivity contribution in [2.75, 3.05) is 0 Å². The molecule has 0 amide bonds. The van der Waals surface area contributed by atoms with E-state index < -0.39 is 0 Å². The monoisotopic (exact) mass is 279 g/mol. The Kier molecular flexibility index (Phi) is 2.43. The van der Waals surface area contributed by atoms with E-state index in [-0.39, 0.29) is 0 Å². The molecule has 2 aliphatic heterocycles. The first-order valence-electron chi connectivity index (χ1n) is 6.19. The molecule has 0 spiro atoms. The largest absolute Gasteiger partial charge is 0.373 e. The van der Waals surface area contributed by atoms with Crippen molar-refractivity contribution in [3.63, 3.8) is 0 Å².